The van der Waals surface area contributed by atoms with Crippen molar-refractivity contribution in [1.29, 1.82) is 0 Å². The second-order valence-electron chi connectivity index (χ2n) is 4.97. The molecule has 1 aliphatic rings. The molecule has 6 heteroatoms. The van der Waals surface area contributed by atoms with Gasteiger partial charge < -0.3 is 14.9 Å². The van der Waals surface area contributed by atoms with Crippen molar-refractivity contribution in [2.45, 2.75) is 32.7 Å². The number of likely N-dealkylation sites (N-methyl/N-ethyl adjacent to an activating group) is 1. The minimum absolute atomic E-state index is 0.0224. The number of carboxylic acids is 1. The van der Waals surface area contributed by atoms with E-state index in [0.29, 0.717) is 13.0 Å². The summed E-state index contributed by atoms with van der Waals surface area (Å²) in [5.41, 5.74) is 0. The van der Waals surface area contributed by atoms with Gasteiger partial charge in [0.15, 0.2) is 0 Å². The van der Waals surface area contributed by atoms with Gasteiger partial charge in [-0.15, -0.1) is 0 Å². The van der Waals surface area contributed by atoms with Crippen LogP contribution in [0, 0.1) is 5.92 Å². The van der Waals surface area contributed by atoms with Crippen molar-refractivity contribution in [3.63, 3.8) is 0 Å². The Bertz CT molecular complexity index is 354. The average Bonchev–Trinajstić information content (AvgIpc) is 2.63. The minimum atomic E-state index is -1.05. The highest BCUT2D eigenvalue weighted by Crippen LogP contribution is 2.20. The Hall–Kier alpha value is -1.59. The Morgan fingerprint density at radius 3 is 2.44 bits per heavy atom. The number of aliphatic carboxylic acids is 1. The van der Waals surface area contributed by atoms with Crippen LogP contribution in [-0.2, 0) is 14.4 Å². The lowest BCUT2D eigenvalue weighted by Crippen LogP contribution is -2.51. The average molecular weight is 256 g/mol. The van der Waals surface area contributed by atoms with E-state index in [1.807, 2.05) is 13.8 Å². The summed E-state index contributed by atoms with van der Waals surface area (Å²) in [6.45, 7) is 3.96. The van der Waals surface area contributed by atoms with E-state index < -0.39 is 12.0 Å². The SMILES string of the molecule is CC(C)C(C(=O)N(C)CC(=O)O)N1CCCC1=O. The van der Waals surface area contributed by atoms with Crippen LogP contribution in [0.3, 0.4) is 0 Å². The lowest BCUT2D eigenvalue weighted by Gasteiger charge is -2.32. The van der Waals surface area contributed by atoms with Crippen molar-refractivity contribution in [1.82, 2.24) is 9.80 Å². The molecule has 0 aliphatic carbocycles. The third-order valence-corrected chi connectivity index (χ3v) is 3.08. The van der Waals surface area contributed by atoms with E-state index in [1.54, 1.807) is 4.90 Å². The quantitative estimate of drug-likeness (QED) is 0.761. The largest absolute Gasteiger partial charge is 0.480 e. The lowest BCUT2D eigenvalue weighted by atomic mass is 10.0. The maximum absolute atomic E-state index is 12.2. The highest BCUT2D eigenvalue weighted by Gasteiger charge is 2.36. The predicted molar refractivity (Wildman–Crippen MR) is 64.8 cm³/mol. The number of carbonyl (C=O) groups is 3. The summed E-state index contributed by atoms with van der Waals surface area (Å²) in [4.78, 5) is 37.3. The Labute approximate surface area is 107 Å². The number of nitrogens with zero attached hydrogens (tertiary/aromatic N) is 2. The maximum Gasteiger partial charge on any atom is 0.323 e. The number of hydrogen-bond acceptors (Lipinski definition) is 3. The standard InChI is InChI=1S/C12H20N2O4/c1-8(2)11(14-6-4-5-9(14)15)12(18)13(3)7-10(16)17/h8,11H,4-7H2,1-3H3,(H,16,17). The Morgan fingerprint density at radius 1 is 1.44 bits per heavy atom. The van der Waals surface area contributed by atoms with E-state index in [0.717, 1.165) is 6.42 Å². The van der Waals surface area contributed by atoms with Gasteiger partial charge in [-0.25, -0.2) is 0 Å². The molecule has 0 spiro atoms. The molecule has 1 rings (SSSR count). The first kappa shape index (κ1) is 14.5. The van der Waals surface area contributed by atoms with Gasteiger partial charge in [0.05, 0.1) is 0 Å². The highest BCUT2D eigenvalue weighted by atomic mass is 16.4. The van der Waals surface area contributed by atoms with Gasteiger partial charge in [-0.3, -0.25) is 14.4 Å². The third kappa shape index (κ3) is 3.21. The second kappa shape index (κ2) is 5.84. The summed E-state index contributed by atoms with van der Waals surface area (Å²) in [5.74, 6) is -1.41. The van der Waals surface area contributed by atoms with Crippen LogP contribution in [0.15, 0.2) is 0 Å². The number of carbonyl (C=O) groups excluding carboxylic acids is 2. The van der Waals surface area contributed by atoms with E-state index in [-0.39, 0.29) is 24.3 Å². The fourth-order valence-corrected chi connectivity index (χ4v) is 2.25. The molecular formula is C12H20N2O4. The maximum atomic E-state index is 12.2. The first-order valence-corrected chi connectivity index (χ1v) is 6.10. The molecule has 102 valence electrons. The minimum Gasteiger partial charge on any atom is -0.480 e. The molecule has 0 saturated carbocycles. The van der Waals surface area contributed by atoms with E-state index in [9.17, 15) is 14.4 Å². The lowest BCUT2D eigenvalue weighted by molar-refractivity contribution is -0.149. The van der Waals surface area contributed by atoms with E-state index in [1.165, 1.54) is 11.9 Å². The molecule has 0 radical (unpaired) electrons. The third-order valence-electron chi connectivity index (χ3n) is 3.08. The van der Waals surface area contributed by atoms with Crippen LogP contribution in [-0.4, -0.2) is 58.9 Å². The zero-order chi connectivity index (χ0) is 13.9. The Balaban J connectivity index is 2.81. The van der Waals surface area contributed by atoms with Crippen molar-refractivity contribution < 1.29 is 19.5 Å². The van der Waals surface area contributed by atoms with Crippen molar-refractivity contribution in [2.24, 2.45) is 5.92 Å². The van der Waals surface area contributed by atoms with Crippen LogP contribution in [0.5, 0.6) is 0 Å². The van der Waals surface area contributed by atoms with Crippen molar-refractivity contribution in [3.05, 3.63) is 0 Å². The van der Waals surface area contributed by atoms with Crippen molar-refractivity contribution in [2.75, 3.05) is 20.1 Å². The summed E-state index contributed by atoms with van der Waals surface area (Å²) in [6, 6.07) is -0.552. The second-order valence-corrected chi connectivity index (χ2v) is 4.97. The molecule has 0 bridgehead atoms. The Morgan fingerprint density at radius 2 is 2.06 bits per heavy atom. The van der Waals surface area contributed by atoms with Gasteiger partial charge >= 0.3 is 5.97 Å². The first-order valence-electron chi connectivity index (χ1n) is 6.10. The topological polar surface area (TPSA) is 77.9 Å². The molecule has 0 aromatic rings. The van der Waals surface area contributed by atoms with Gasteiger partial charge in [0.2, 0.25) is 11.8 Å². The normalized spacial score (nSPS) is 17.1. The molecule has 1 heterocycles. The summed E-state index contributed by atoms with van der Waals surface area (Å²) >= 11 is 0. The van der Waals surface area contributed by atoms with Crippen molar-refractivity contribution >= 4 is 17.8 Å². The molecule has 6 nitrogen and oxygen atoms in total. The molecule has 0 aromatic carbocycles. The first-order chi connectivity index (χ1) is 8.34. The van der Waals surface area contributed by atoms with Crippen LogP contribution in [0.1, 0.15) is 26.7 Å². The van der Waals surface area contributed by atoms with Crippen molar-refractivity contribution in [3.8, 4) is 0 Å². The van der Waals surface area contributed by atoms with Crippen LogP contribution >= 0.6 is 0 Å². The van der Waals surface area contributed by atoms with Gasteiger partial charge in [-0.05, 0) is 12.3 Å². The van der Waals surface area contributed by atoms with Crippen LogP contribution in [0.2, 0.25) is 0 Å². The van der Waals surface area contributed by atoms with Crippen LogP contribution in [0.4, 0.5) is 0 Å². The molecule has 18 heavy (non-hydrogen) atoms. The van der Waals surface area contributed by atoms with Gasteiger partial charge in [-0.2, -0.15) is 0 Å². The van der Waals surface area contributed by atoms with Gasteiger partial charge in [0.1, 0.15) is 12.6 Å². The number of likely N-dealkylation sites (tertiary alicyclic amines) is 1. The summed E-state index contributed by atoms with van der Waals surface area (Å²) < 4.78 is 0. The summed E-state index contributed by atoms with van der Waals surface area (Å²) in [6.07, 6.45) is 1.23. The van der Waals surface area contributed by atoms with E-state index in [2.05, 4.69) is 0 Å². The Kier molecular flexibility index (Phi) is 4.69. The predicted octanol–water partition coefficient (Wildman–Crippen LogP) is 0.176. The molecule has 1 unspecified atom stereocenters. The van der Waals surface area contributed by atoms with Gasteiger partial charge in [0.25, 0.3) is 0 Å². The smallest absolute Gasteiger partial charge is 0.323 e. The molecule has 1 saturated heterocycles. The van der Waals surface area contributed by atoms with E-state index in [4.69, 9.17) is 5.11 Å². The molecule has 2 amide bonds. The van der Waals surface area contributed by atoms with Crippen LogP contribution < -0.4 is 0 Å². The molecule has 1 N–H and O–H groups in total. The molecule has 1 atom stereocenters. The number of hydrogen-bond donors (Lipinski definition) is 1. The fourth-order valence-electron chi connectivity index (χ4n) is 2.25. The summed E-state index contributed by atoms with van der Waals surface area (Å²) in [7, 11) is 1.45. The monoisotopic (exact) mass is 256 g/mol. The number of amides is 2. The van der Waals surface area contributed by atoms with Crippen LogP contribution in [0.25, 0.3) is 0 Å². The molecule has 1 fully saturated rings. The zero-order valence-electron chi connectivity index (χ0n) is 11.0. The van der Waals surface area contributed by atoms with E-state index >= 15 is 0 Å². The van der Waals surface area contributed by atoms with Gasteiger partial charge in [-0.1, -0.05) is 13.8 Å². The molecular weight excluding hydrogens is 236 g/mol. The number of carboxylic acid groups (broad SMARTS) is 1. The summed E-state index contributed by atoms with van der Waals surface area (Å²) in [5, 5.41) is 8.70. The molecule has 0 aromatic heterocycles. The zero-order valence-corrected chi connectivity index (χ0v) is 11.0. The van der Waals surface area contributed by atoms with Gasteiger partial charge in [0, 0.05) is 20.0 Å². The fraction of sp³-hybridized carbons (Fsp3) is 0.750. The highest BCUT2D eigenvalue weighted by molar-refractivity contribution is 5.90. The number of rotatable bonds is 5. The molecule has 1 aliphatic heterocycles.